The van der Waals surface area contributed by atoms with Crippen molar-refractivity contribution >= 4 is 18.0 Å². The van der Waals surface area contributed by atoms with Gasteiger partial charge in [0.1, 0.15) is 11.5 Å². The first-order valence-electron chi connectivity index (χ1n) is 7.93. The number of rotatable bonds is 3. The summed E-state index contributed by atoms with van der Waals surface area (Å²) < 4.78 is 5.39. The number of nitrogens with zero attached hydrogens (tertiary/aromatic N) is 1. The van der Waals surface area contributed by atoms with Crippen molar-refractivity contribution in [3.05, 3.63) is 53.5 Å². The van der Waals surface area contributed by atoms with Crippen LogP contribution in [0, 0.1) is 0 Å². The third kappa shape index (κ3) is 2.06. The maximum absolute atomic E-state index is 12.6. The Morgan fingerprint density at radius 3 is 2.77 bits per heavy atom. The Morgan fingerprint density at radius 1 is 1.35 bits per heavy atom. The Morgan fingerprint density at radius 2 is 2.15 bits per heavy atom. The Hall–Kier alpha value is -3.49. The number of carbonyl (C=O) groups is 3. The lowest BCUT2D eigenvalue weighted by Crippen LogP contribution is -2.57. The maximum atomic E-state index is 12.6. The lowest BCUT2D eigenvalue weighted by atomic mass is 9.80. The van der Waals surface area contributed by atoms with E-state index in [1.165, 1.54) is 24.5 Å². The highest BCUT2D eigenvalue weighted by atomic mass is 16.4. The van der Waals surface area contributed by atoms with Gasteiger partial charge in [0.2, 0.25) is 0 Å². The maximum Gasteiger partial charge on any atom is 0.335 e. The van der Waals surface area contributed by atoms with Crippen LogP contribution in [0.25, 0.3) is 0 Å². The SMILES string of the molecule is O=C1NCCN1C(=O)NC1(C(=O)O)c2ccc(O)c(c2)C1c1ccco1. The molecule has 26 heavy (non-hydrogen) atoms. The van der Waals surface area contributed by atoms with Crippen LogP contribution in [0.15, 0.2) is 41.0 Å². The number of hydrogen-bond acceptors (Lipinski definition) is 5. The molecule has 2 aromatic rings. The van der Waals surface area contributed by atoms with E-state index in [2.05, 4.69) is 10.6 Å². The Kier molecular flexibility index (Phi) is 3.39. The molecule has 4 N–H and O–H groups in total. The van der Waals surface area contributed by atoms with Gasteiger partial charge in [0.25, 0.3) is 0 Å². The third-order valence-corrected chi connectivity index (χ3v) is 4.80. The molecule has 0 radical (unpaired) electrons. The van der Waals surface area contributed by atoms with Gasteiger partial charge in [-0.3, -0.25) is 0 Å². The number of hydrogen-bond donors (Lipinski definition) is 4. The minimum atomic E-state index is -1.91. The fourth-order valence-corrected chi connectivity index (χ4v) is 3.60. The van der Waals surface area contributed by atoms with Gasteiger partial charge in [-0.15, -0.1) is 0 Å². The molecule has 4 amide bonds. The average Bonchev–Trinajstić information content (AvgIpc) is 3.30. The van der Waals surface area contributed by atoms with Crippen molar-refractivity contribution in [2.45, 2.75) is 11.5 Å². The van der Waals surface area contributed by atoms with Crippen LogP contribution < -0.4 is 10.6 Å². The molecule has 2 unspecified atom stereocenters. The molecule has 0 saturated carbocycles. The van der Waals surface area contributed by atoms with Crippen LogP contribution in [-0.2, 0) is 10.3 Å². The van der Waals surface area contributed by atoms with Crippen molar-refractivity contribution in [1.82, 2.24) is 15.5 Å². The molecular weight excluding hydrogens is 342 g/mol. The number of carboxylic acids is 1. The van der Waals surface area contributed by atoms with Crippen molar-refractivity contribution < 1.29 is 29.0 Å². The van der Waals surface area contributed by atoms with Gasteiger partial charge >= 0.3 is 18.0 Å². The minimum absolute atomic E-state index is 0.105. The van der Waals surface area contributed by atoms with Crippen LogP contribution in [0.3, 0.4) is 0 Å². The summed E-state index contributed by atoms with van der Waals surface area (Å²) in [7, 11) is 0. The molecular formula is C17H15N3O6. The van der Waals surface area contributed by atoms with Crippen LogP contribution in [0.2, 0.25) is 0 Å². The number of carbonyl (C=O) groups excluding carboxylic acids is 2. The van der Waals surface area contributed by atoms with Gasteiger partial charge in [-0.2, -0.15) is 0 Å². The fourth-order valence-electron chi connectivity index (χ4n) is 3.60. The van der Waals surface area contributed by atoms with Gasteiger partial charge in [-0.25, -0.2) is 19.3 Å². The highest BCUT2D eigenvalue weighted by molar-refractivity contribution is 5.98. The summed E-state index contributed by atoms with van der Waals surface area (Å²) in [6, 6.07) is 6.06. The van der Waals surface area contributed by atoms with E-state index in [0.29, 0.717) is 12.1 Å². The highest BCUT2D eigenvalue weighted by Crippen LogP contribution is 2.51. The van der Waals surface area contributed by atoms with Gasteiger partial charge in [0.15, 0.2) is 5.54 Å². The summed E-state index contributed by atoms with van der Waals surface area (Å²) in [6.07, 6.45) is 1.38. The van der Waals surface area contributed by atoms with Gasteiger partial charge in [0.05, 0.1) is 12.2 Å². The number of carboxylic acid groups (broad SMARTS) is 1. The number of benzene rings is 1. The van der Waals surface area contributed by atoms with E-state index in [1.807, 2.05) is 0 Å². The number of imide groups is 1. The molecule has 2 heterocycles. The first kappa shape index (κ1) is 16.0. The van der Waals surface area contributed by atoms with Crippen molar-refractivity contribution in [1.29, 1.82) is 0 Å². The Labute approximate surface area is 147 Å². The molecule has 1 aliphatic heterocycles. The van der Waals surface area contributed by atoms with Crippen molar-refractivity contribution in [3.63, 3.8) is 0 Å². The molecule has 2 bridgehead atoms. The summed E-state index contributed by atoms with van der Waals surface area (Å²) >= 11 is 0. The molecule has 2 atom stereocenters. The van der Waals surface area contributed by atoms with E-state index in [0.717, 1.165) is 4.90 Å². The zero-order valence-corrected chi connectivity index (χ0v) is 13.4. The Bertz CT molecular complexity index is 909. The molecule has 2 aliphatic rings. The second-order valence-corrected chi connectivity index (χ2v) is 6.15. The summed E-state index contributed by atoms with van der Waals surface area (Å²) in [4.78, 5) is 37.7. The number of nitrogens with one attached hydrogen (secondary N) is 2. The molecule has 1 aromatic carbocycles. The number of aromatic hydroxyl groups is 1. The lowest BCUT2D eigenvalue weighted by Gasteiger charge is -2.33. The topological polar surface area (TPSA) is 132 Å². The predicted octanol–water partition coefficient (Wildman–Crippen LogP) is 1.15. The van der Waals surface area contributed by atoms with Gasteiger partial charge in [-0.05, 0) is 29.8 Å². The first-order chi connectivity index (χ1) is 12.4. The predicted molar refractivity (Wildman–Crippen MR) is 86.6 cm³/mol. The molecule has 4 rings (SSSR count). The fraction of sp³-hybridized carbons (Fsp3) is 0.235. The monoisotopic (exact) mass is 357 g/mol. The molecule has 134 valence electrons. The average molecular weight is 357 g/mol. The van der Waals surface area contributed by atoms with E-state index < -0.39 is 29.5 Å². The van der Waals surface area contributed by atoms with E-state index in [4.69, 9.17) is 4.42 Å². The first-order valence-corrected chi connectivity index (χ1v) is 7.93. The number of aliphatic carboxylic acids is 1. The summed E-state index contributed by atoms with van der Waals surface area (Å²) in [5.41, 5.74) is -1.30. The second kappa shape index (κ2) is 5.51. The number of phenols is 1. The number of urea groups is 2. The quantitative estimate of drug-likeness (QED) is 0.651. The number of amides is 4. The van der Waals surface area contributed by atoms with E-state index in [-0.39, 0.29) is 23.6 Å². The molecule has 9 heteroatoms. The number of fused-ring (bicyclic) bond motifs is 2. The molecule has 1 aliphatic carbocycles. The molecule has 1 aromatic heterocycles. The van der Waals surface area contributed by atoms with E-state index >= 15 is 0 Å². The third-order valence-electron chi connectivity index (χ3n) is 4.80. The van der Waals surface area contributed by atoms with Gasteiger partial charge in [-0.1, -0.05) is 6.07 Å². The molecule has 1 fully saturated rings. The number of phenolic OH excluding ortho intramolecular Hbond substituents is 1. The van der Waals surface area contributed by atoms with Crippen LogP contribution in [-0.4, -0.2) is 46.2 Å². The standard InChI is InChI=1S/C17H15N3O6/c21-11-4-3-9-8-10(11)13(12-2-1-7-26-12)17(9,14(22)23)19-16(25)20-6-5-18-15(20)24/h1-4,7-8,13,21H,5-6H2,(H,18,24)(H,19,25)(H,22,23). The highest BCUT2D eigenvalue weighted by Gasteiger charge is 2.57. The van der Waals surface area contributed by atoms with Crippen LogP contribution in [0.1, 0.15) is 22.8 Å². The van der Waals surface area contributed by atoms with E-state index in [9.17, 15) is 24.6 Å². The second-order valence-electron chi connectivity index (χ2n) is 6.15. The van der Waals surface area contributed by atoms with Crippen LogP contribution in [0.5, 0.6) is 5.75 Å². The van der Waals surface area contributed by atoms with Crippen LogP contribution >= 0.6 is 0 Å². The zero-order chi connectivity index (χ0) is 18.5. The van der Waals surface area contributed by atoms with Crippen LogP contribution in [0.4, 0.5) is 9.59 Å². The normalized spacial score (nSPS) is 23.8. The van der Waals surface area contributed by atoms with Gasteiger partial charge < -0.3 is 25.3 Å². The molecule has 9 nitrogen and oxygen atoms in total. The molecule has 1 saturated heterocycles. The summed E-state index contributed by atoms with van der Waals surface area (Å²) in [5, 5.41) is 25.3. The lowest BCUT2D eigenvalue weighted by molar-refractivity contribution is -0.145. The smallest absolute Gasteiger partial charge is 0.335 e. The minimum Gasteiger partial charge on any atom is -0.508 e. The van der Waals surface area contributed by atoms with Crippen molar-refractivity contribution in [2.75, 3.05) is 13.1 Å². The van der Waals surface area contributed by atoms with Crippen molar-refractivity contribution in [3.8, 4) is 5.75 Å². The summed E-state index contributed by atoms with van der Waals surface area (Å²) in [5.74, 6) is -2.14. The largest absolute Gasteiger partial charge is 0.508 e. The van der Waals surface area contributed by atoms with Crippen molar-refractivity contribution in [2.24, 2.45) is 0 Å². The zero-order valence-electron chi connectivity index (χ0n) is 13.4. The van der Waals surface area contributed by atoms with E-state index in [1.54, 1.807) is 12.1 Å². The Balaban J connectivity index is 1.82. The number of furan rings is 1. The molecule has 0 spiro atoms. The summed E-state index contributed by atoms with van der Waals surface area (Å²) in [6.45, 7) is 0.428. The van der Waals surface area contributed by atoms with Gasteiger partial charge in [0, 0.05) is 18.7 Å².